The van der Waals surface area contributed by atoms with Crippen molar-refractivity contribution in [2.75, 3.05) is 0 Å². The highest BCUT2D eigenvalue weighted by molar-refractivity contribution is 6.07. The van der Waals surface area contributed by atoms with Crippen LogP contribution in [-0.4, -0.2) is 5.71 Å². The van der Waals surface area contributed by atoms with Crippen LogP contribution in [0.3, 0.4) is 0 Å². The lowest BCUT2D eigenvalue weighted by molar-refractivity contribution is -0.111. The first-order chi connectivity index (χ1) is 5.34. The number of hydrogen-bond acceptors (Lipinski definition) is 0. The maximum Gasteiger partial charge on any atom is 0.203 e. The highest BCUT2D eigenvalue weighted by atomic mass is 14.4. The van der Waals surface area contributed by atoms with Crippen LogP contribution in [0.5, 0.6) is 0 Å². The SMILES string of the molecule is CCC/C=C1\C=CC=CC1=[NH2+]. The Labute approximate surface area is 67.6 Å². The van der Waals surface area contributed by atoms with Gasteiger partial charge in [0, 0.05) is 11.6 Å². The molecule has 1 nitrogen and oxygen atoms in total. The number of nitrogens with two attached hydrogens (primary N) is 1. The minimum atomic E-state index is 0.876. The lowest BCUT2D eigenvalue weighted by Gasteiger charge is -1.97. The molecule has 0 atom stereocenters. The van der Waals surface area contributed by atoms with E-state index in [-0.39, 0.29) is 0 Å². The van der Waals surface area contributed by atoms with Gasteiger partial charge in [-0.1, -0.05) is 31.6 Å². The summed E-state index contributed by atoms with van der Waals surface area (Å²) in [5.74, 6) is 0. The van der Waals surface area contributed by atoms with Crippen molar-refractivity contribution in [3.8, 4) is 0 Å². The van der Waals surface area contributed by atoms with Crippen LogP contribution < -0.4 is 5.41 Å². The molecule has 0 amide bonds. The zero-order chi connectivity index (χ0) is 8.10. The molecule has 0 saturated carbocycles. The van der Waals surface area contributed by atoms with E-state index < -0.39 is 0 Å². The van der Waals surface area contributed by atoms with Gasteiger partial charge in [-0.2, -0.15) is 0 Å². The van der Waals surface area contributed by atoms with E-state index in [2.05, 4.69) is 13.0 Å². The molecule has 0 aromatic carbocycles. The van der Waals surface area contributed by atoms with Gasteiger partial charge in [0.25, 0.3) is 0 Å². The predicted octanol–water partition coefficient (Wildman–Crippen LogP) is 1.04. The molecule has 0 aromatic rings. The fraction of sp³-hybridized carbons (Fsp3) is 0.300. The molecule has 0 fully saturated rings. The zero-order valence-electron chi connectivity index (χ0n) is 6.88. The van der Waals surface area contributed by atoms with E-state index in [0.717, 1.165) is 17.7 Å². The number of allylic oxidation sites excluding steroid dienone is 6. The first-order valence-electron chi connectivity index (χ1n) is 4.02. The molecule has 0 aliphatic heterocycles. The van der Waals surface area contributed by atoms with Crippen molar-refractivity contribution in [2.24, 2.45) is 0 Å². The maximum atomic E-state index is 5.73. The Hall–Kier alpha value is -1.11. The van der Waals surface area contributed by atoms with Crippen LogP contribution in [0.2, 0.25) is 0 Å². The highest BCUT2D eigenvalue weighted by Gasteiger charge is 2.04. The average molecular weight is 148 g/mol. The molecule has 1 aliphatic rings. The van der Waals surface area contributed by atoms with Gasteiger partial charge < -0.3 is 0 Å². The second-order valence-electron chi connectivity index (χ2n) is 2.62. The Kier molecular flexibility index (Phi) is 2.84. The summed E-state index contributed by atoms with van der Waals surface area (Å²) in [7, 11) is 0. The first kappa shape index (κ1) is 7.99. The fourth-order valence-corrected chi connectivity index (χ4v) is 0.997. The third-order valence-corrected chi connectivity index (χ3v) is 1.65. The van der Waals surface area contributed by atoms with Crippen LogP contribution in [-0.2, 0) is 0 Å². The van der Waals surface area contributed by atoms with Crippen molar-refractivity contribution in [3.05, 3.63) is 36.0 Å². The molecule has 11 heavy (non-hydrogen) atoms. The van der Waals surface area contributed by atoms with E-state index in [4.69, 9.17) is 5.41 Å². The predicted molar refractivity (Wildman–Crippen MR) is 48.2 cm³/mol. The lowest BCUT2D eigenvalue weighted by Crippen LogP contribution is -2.39. The Morgan fingerprint density at radius 3 is 2.73 bits per heavy atom. The molecule has 2 N–H and O–H groups in total. The smallest absolute Gasteiger partial charge is 0.203 e. The molecular formula is C10H14N+. The molecule has 0 saturated heterocycles. The monoisotopic (exact) mass is 148 g/mol. The fourth-order valence-electron chi connectivity index (χ4n) is 0.997. The normalized spacial score (nSPS) is 19.7. The quantitative estimate of drug-likeness (QED) is 0.605. The van der Waals surface area contributed by atoms with E-state index >= 15 is 0 Å². The molecule has 1 rings (SSSR count). The van der Waals surface area contributed by atoms with Crippen LogP contribution in [0.1, 0.15) is 19.8 Å². The molecule has 0 radical (unpaired) electrons. The van der Waals surface area contributed by atoms with Gasteiger partial charge >= 0.3 is 0 Å². The maximum absolute atomic E-state index is 5.73. The molecule has 0 aromatic heterocycles. The van der Waals surface area contributed by atoms with E-state index in [1.54, 1.807) is 0 Å². The molecule has 0 heterocycles. The van der Waals surface area contributed by atoms with Crippen molar-refractivity contribution in [3.63, 3.8) is 0 Å². The minimum Gasteiger partial charge on any atom is -0.254 e. The average Bonchev–Trinajstić information content (AvgIpc) is 2.03. The molecular weight excluding hydrogens is 134 g/mol. The summed E-state index contributed by atoms with van der Waals surface area (Å²) in [6.45, 7) is 2.16. The van der Waals surface area contributed by atoms with Gasteiger partial charge in [-0.3, -0.25) is 5.41 Å². The van der Waals surface area contributed by atoms with Crippen LogP contribution >= 0.6 is 0 Å². The van der Waals surface area contributed by atoms with Crippen LogP contribution in [0, 0.1) is 0 Å². The van der Waals surface area contributed by atoms with Crippen molar-refractivity contribution in [1.29, 1.82) is 0 Å². The lowest BCUT2D eigenvalue weighted by atomic mass is 10.0. The van der Waals surface area contributed by atoms with Gasteiger partial charge in [0.15, 0.2) is 0 Å². The largest absolute Gasteiger partial charge is 0.254 e. The molecule has 0 unspecified atom stereocenters. The van der Waals surface area contributed by atoms with Crippen LogP contribution in [0.25, 0.3) is 0 Å². The second kappa shape index (κ2) is 3.91. The van der Waals surface area contributed by atoms with Crippen LogP contribution in [0.4, 0.5) is 0 Å². The molecule has 1 heteroatoms. The second-order valence-corrected chi connectivity index (χ2v) is 2.62. The standard InChI is InChI=1S/C10H13N/c1-2-3-6-9-7-4-5-8-10(9)11/h4-8,11H,2-3H2,1H3/p+1/b9-6+,11-10?. The molecule has 1 aliphatic carbocycles. The Morgan fingerprint density at radius 1 is 1.36 bits per heavy atom. The number of unbranched alkanes of at least 4 members (excludes halogenated alkanes) is 1. The first-order valence-corrected chi connectivity index (χ1v) is 4.02. The van der Waals surface area contributed by atoms with Crippen molar-refractivity contribution < 1.29 is 5.41 Å². The van der Waals surface area contributed by atoms with Gasteiger partial charge in [-0.15, -0.1) is 0 Å². The van der Waals surface area contributed by atoms with Crippen molar-refractivity contribution >= 4 is 5.71 Å². The number of hydrogen-bond donors (Lipinski definition) is 1. The summed E-state index contributed by atoms with van der Waals surface area (Å²) in [5.41, 5.74) is 2.04. The zero-order valence-corrected chi connectivity index (χ0v) is 6.88. The Morgan fingerprint density at radius 2 is 2.09 bits per heavy atom. The summed E-state index contributed by atoms with van der Waals surface area (Å²) in [6.07, 6.45) is 12.4. The van der Waals surface area contributed by atoms with Crippen LogP contribution in [0.15, 0.2) is 36.0 Å². The topological polar surface area (TPSA) is 25.6 Å². The third kappa shape index (κ3) is 2.19. The molecule has 58 valence electrons. The van der Waals surface area contributed by atoms with Crippen molar-refractivity contribution in [1.82, 2.24) is 0 Å². The summed E-state index contributed by atoms with van der Waals surface area (Å²) >= 11 is 0. The Balaban J connectivity index is 2.65. The van der Waals surface area contributed by atoms with E-state index in [1.807, 2.05) is 24.3 Å². The number of rotatable bonds is 2. The third-order valence-electron chi connectivity index (χ3n) is 1.65. The minimum absolute atomic E-state index is 0.876. The van der Waals surface area contributed by atoms with Gasteiger partial charge in [0.2, 0.25) is 5.71 Å². The molecule has 0 spiro atoms. The molecule has 0 bridgehead atoms. The summed E-state index contributed by atoms with van der Waals surface area (Å²) in [5, 5.41) is 5.73. The highest BCUT2D eigenvalue weighted by Crippen LogP contribution is 2.06. The van der Waals surface area contributed by atoms with Gasteiger partial charge in [0.05, 0.1) is 0 Å². The van der Waals surface area contributed by atoms with E-state index in [0.29, 0.717) is 0 Å². The Bertz CT molecular complexity index is 231. The van der Waals surface area contributed by atoms with Crippen molar-refractivity contribution in [2.45, 2.75) is 19.8 Å². The van der Waals surface area contributed by atoms with Gasteiger partial charge in [-0.05, 0) is 12.5 Å². The summed E-state index contributed by atoms with van der Waals surface area (Å²) in [6, 6.07) is 0. The van der Waals surface area contributed by atoms with E-state index in [1.165, 1.54) is 6.42 Å². The van der Waals surface area contributed by atoms with Gasteiger partial charge in [0.1, 0.15) is 0 Å². The summed E-state index contributed by atoms with van der Waals surface area (Å²) in [4.78, 5) is 0. The summed E-state index contributed by atoms with van der Waals surface area (Å²) < 4.78 is 0. The van der Waals surface area contributed by atoms with E-state index in [9.17, 15) is 0 Å². The van der Waals surface area contributed by atoms with Gasteiger partial charge in [-0.25, -0.2) is 0 Å².